The van der Waals surface area contributed by atoms with Gasteiger partial charge >= 0.3 is 0 Å². The highest BCUT2D eigenvalue weighted by Crippen LogP contribution is 2.25. The number of ketones is 1. The van der Waals surface area contributed by atoms with Crippen LogP contribution in [0.5, 0.6) is 0 Å². The molecule has 3 aromatic carbocycles. The minimum absolute atomic E-state index is 0.0283. The van der Waals surface area contributed by atoms with Crippen LogP contribution in [0.25, 0.3) is 10.9 Å². The van der Waals surface area contributed by atoms with Crippen molar-refractivity contribution in [2.75, 3.05) is 13.1 Å². The number of hydrogen-bond donors (Lipinski definition) is 2. The summed E-state index contributed by atoms with van der Waals surface area (Å²) >= 11 is 0. The molecule has 0 aliphatic carbocycles. The summed E-state index contributed by atoms with van der Waals surface area (Å²) in [7, 11) is 0. The van der Waals surface area contributed by atoms with Crippen molar-refractivity contribution in [1.29, 1.82) is 0 Å². The molecular weight excluding hydrogens is 422 g/mol. The van der Waals surface area contributed by atoms with Crippen LogP contribution in [0, 0.1) is 0 Å². The highest BCUT2D eigenvalue weighted by molar-refractivity contribution is 6.10. The number of aromatic nitrogens is 1. The number of rotatable bonds is 7. The fourth-order valence-electron chi connectivity index (χ4n) is 4.70. The van der Waals surface area contributed by atoms with E-state index in [0.29, 0.717) is 12.1 Å². The van der Waals surface area contributed by atoms with E-state index >= 15 is 0 Å². The number of fused-ring (bicyclic) bond motifs is 1. The van der Waals surface area contributed by atoms with Crippen molar-refractivity contribution in [2.24, 2.45) is 0 Å². The Labute approximate surface area is 199 Å². The molecule has 5 nitrogen and oxygen atoms in total. The number of nitrogens with one attached hydrogen (secondary N) is 2. The Morgan fingerprint density at radius 2 is 1.56 bits per heavy atom. The Kier molecular flexibility index (Phi) is 6.54. The van der Waals surface area contributed by atoms with E-state index in [1.165, 1.54) is 6.42 Å². The molecule has 4 aromatic rings. The van der Waals surface area contributed by atoms with Crippen LogP contribution in [-0.2, 0) is 6.54 Å². The van der Waals surface area contributed by atoms with Crippen molar-refractivity contribution < 1.29 is 9.59 Å². The van der Waals surface area contributed by atoms with Crippen LogP contribution in [0.1, 0.15) is 57.1 Å². The second kappa shape index (κ2) is 10.1. The lowest BCUT2D eigenvalue weighted by molar-refractivity contribution is 0.0724. The van der Waals surface area contributed by atoms with Crippen LogP contribution < -0.4 is 5.32 Å². The van der Waals surface area contributed by atoms with Crippen molar-refractivity contribution in [1.82, 2.24) is 15.2 Å². The summed E-state index contributed by atoms with van der Waals surface area (Å²) in [6.45, 7) is 2.21. The van der Waals surface area contributed by atoms with Gasteiger partial charge in [0.2, 0.25) is 0 Å². The van der Waals surface area contributed by atoms with Crippen LogP contribution in [-0.4, -0.2) is 34.7 Å². The normalized spacial score (nSPS) is 14.8. The Balaban J connectivity index is 1.33. The zero-order valence-corrected chi connectivity index (χ0v) is 19.2. The SMILES string of the molecule is O=C(c1c[nH]c2ccccc12)C(NCc1ccc(C(=O)N2CCCCC2)cc1)c1ccccc1. The number of nitrogens with zero attached hydrogens (tertiary/aromatic N) is 1. The molecule has 1 aromatic heterocycles. The monoisotopic (exact) mass is 451 g/mol. The maximum absolute atomic E-state index is 13.6. The zero-order valence-electron chi connectivity index (χ0n) is 19.2. The van der Waals surface area contributed by atoms with Crippen molar-refractivity contribution in [3.05, 3.63) is 107 Å². The van der Waals surface area contributed by atoms with Gasteiger partial charge in [0.1, 0.15) is 0 Å². The van der Waals surface area contributed by atoms with Crippen LogP contribution in [0.4, 0.5) is 0 Å². The number of amides is 1. The first kappa shape index (κ1) is 22.1. The molecule has 0 radical (unpaired) electrons. The predicted octanol–water partition coefficient (Wildman–Crippen LogP) is 5.51. The molecule has 1 atom stereocenters. The van der Waals surface area contributed by atoms with E-state index in [1.54, 1.807) is 6.20 Å². The van der Waals surface area contributed by atoms with Crippen molar-refractivity contribution >= 4 is 22.6 Å². The third kappa shape index (κ3) is 4.66. The van der Waals surface area contributed by atoms with Crippen LogP contribution in [0.2, 0.25) is 0 Å². The standard InChI is InChI=1S/C29H29N3O2/c33-28(25-20-30-26-12-6-5-11-24(25)26)27(22-9-3-1-4-10-22)31-19-21-13-15-23(16-14-21)29(34)32-17-7-2-8-18-32/h1,3-6,9-16,20,27,30-31H,2,7-8,17-19H2. The third-order valence-corrected chi connectivity index (χ3v) is 6.60. The lowest BCUT2D eigenvalue weighted by Gasteiger charge is -2.26. The van der Waals surface area contributed by atoms with Crippen molar-refractivity contribution in [3.8, 4) is 0 Å². The molecule has 1 saturated heterocycles. The molecule has 2 heterocycles. The van der Waals surface area contributed by atoms with Gasteiger partial charge in [0.25, 0.3) is 5.91 Å². The third-order valence-electron chi connectivity index (χ3n) is 6.60. The lowest BCUT2D eigenvalue weighted by atomic mass is 9.96. The fourth-order valence-corrected chi connectivity index (χ4v) is 4.70. The van der Waals surface area contributed by atoms with Gasteiger partial charge in [-0.05, 0) is 48.6 Å². The van der Waals surface area contributed by atoms with Gasteiger partial charge in [0.05, 0.1) is 6.04 Å². The molecular formula is C29H29N3O2. The van der Waals surface area contributed by atoms with Crippen molar-refractivity contribution in [2.45, 2.75) is 31.8 Å². The molecule has 172 valence electrons. The number of likely N-dealkylation sites (tertiary alicyclic amines) is 1. The number of carbonyl (C=O) groups is 2. The molecule has 2 N–H and O–H groups in total. The topological polar surface area (TPSA) is 65.2 Å². The summed E-state index contributed by atoms with van der Waals surface area (Å²) in [5, 5.41) is 4.39. The smallest absolute Gasteiger partial charge is 0.253 e. The molecule has 0 bridgehead atoms. The van der Waals surface area contributed by atoms with Crippen LogP contribution in [0.3, 0.4) is 0 Å². The number of benzene rings is 3. The average molecular weight is 452 g/mol. The molecule has 1 fully saturated rings. The van der Waals surface area contributed by atoms with Gasteiger partial charge in [-0.3, -0.25) is 14.9 Å². The quantitative estimate of drug-likeness (QED) is 0.364. The molecule has 5 rings (SSSR count). The molecule has 1 aliphatic heterocycles. The summed E-state index contributed by atoms with van der Waals surface area (Å²) in [5.41, 5.74) is 4.31. The summed E-state index contributed by atoms with van der Waals surface area (Å²) < 4.78 is 0. The average Bonchev–Trinajstić information content (AvgIpc) is 3.34. The molecule has 0 saturated carbocycles. The van der Waals surface area contributed by atoms with Gasteiger partial charge in [-0.2, -0.15) is 0 Å². The van der Waals surface area contributed by atoms with Gasteiger partial charge in [-0.25, -0.2) is 0 Å². The minimum Gasteiger partial charge on any atom is -0.360 e. The second-order valence-electron chi connectivity index (χ2n) is 8.89. The minimum atomic E-state index is -0.477. The summed E-state index contributed by atoms with van der Waals surface area (Å²) in [4.78, 5) is 31.5. The van der Waals surface area contributed by atoms with Gasteiger partial charge in [-0.1, -0.05) is 60.7 Å². The largest absolute Gasteiger partial charge is 0.360 e. The number of carbonyl (C=O) groups excluding carboxylic acids is 2. The predicted molar refractivity (Wildman–Crippen MR) is 135 cm³/mol. The molecule has 1 aliphatic rings. The molecule has 0 spiro atoms. The van der Waals surface area contributed by atoms with E-state index in [9.17, 15) is 9.59 Å². The van der Waals surface area contributed by atoms with E-state index in [4.69, 9.17) is 0 Å². The number of aromatic amines is 1. The Bertz CT molecular complexity index is 1270. The molecule has 5 heteroatoms. The van der Waals surface area contributed by atoms with Crippen molar-refractivity contribution in [3.63, 3.8) is 0 Å². The van der Waals surface area contributed by atoms with Gasteiger partial charge in [-0.15, -0.1) is 0 Å². The fraction of sp³-hybridized carbons (Fsp3) is 0.241. The van der Waals surface area contributed by atoms with E-state index in [-0.39, 0.29) is 11.7 Å². The first-order valence-electron chi connectivity index (χ1n) is 12.0. The van der Waals surface area contributed by atoms with E-state index in [2.05, 4.69) is 10.3 Å². The summed E-state index contributed by atoms with van der Waals surface area (Å²) in [5.74, 6) is 0.136. The number of Topliss-reactive ketones (excluding diaryl/α,β-unsaturated/α-hetero) is 1. The van der Waals surface area contributed by atoms with Crippen LogP contribution in [0.15, 0.2) is 85.1 Å². The lowest BCUT2D eigenvalue weighted by Crippen LogP contribution is -2.35. The molecule has 1 unspecified atom stereocenters. The number of para-hydroxylation sites is 1. The highest BCUT2D eigenvalue weighted by atomic mass is 16.2. The summed E-state index contributed by atoms with van der Waals surface area (Å²) in [6.07, 6.45) is 5.16. The van der Waals surface area contributed by atoms with Gasteiger partial charge < -0.3 is 9.88 Å². The first-order chi connectivity index (χ1) is 16.7. The Morgan fingerprint density at radius 1 is 0.853 bits per heavy atom. The maximum atomic E-state index is 13.6. The molecule has 1 amide bonds. The number of hydrogen-bond acceptors (Lipinski definition) is 3. The van der Waals surface area contributed by atoms with Gasteiger partial charge in [0.15, 0.2) is 5.78 Å². The highest BCUT2D eigenvalue weighted by Gasteiger charge is 2.24. The first-order valence-corrected chi connectivity index (χ1v) is 12.0. The van der Waals surface area contributed by atoms with E-state index < -0.39 is 6.04 Å². The molecule has 34 heavy (non-hydrogen) atoms. The Morgan fingerprint density at radius 3 is 2.32 bits per heavy atom. The van der Waals surface area contributed by atoms with Gasteiger partial charge in [0, 0.05) is 47.9 Å². The van der Waals surface area contributed by atoms with E-state index in [1.807, 2.05) is 83.8 Å². The number of H-pyrrole nitrogens is 1. The maximum Gasteiger partial charge on any atom is 0.253 e. The second-order valence-corrected chi connectivity index (χ2v) is 8.89. The summed E-state index contributed by atoms with van der Waals surface area (Å²) in [6, 6.07) is 24.9. The van der Waals surface area contributed by atoms with E-state index in [0.717, 1.165) is 53.5 Å². The Hall–Kier alpha value is -3.70. The number of piperidine rings is 1. The zero-order chi connectivity index (χ0) is 23.3. The van der Waals surface area contributed by atoms with Crippen LogP contribution >= 0.6 is 0 Å².